The molecule has 0 heterocycles. The van der Waals surface area contributed by atoms with E-state index in [2.05, 4.69) is 6.92 Å². The Morgan fingerprint density at radius 2 is 1.78 bits per heavy atom. The molecule has 0 aromatic carbocycles. The highest BCUT2D eigenvalue weighted by atomic mass is 16.5. The maximum atomic E-state index is 11.5. The van der Waals surface area contributed by atoms with Gasteiger partial charge in [0.25, 0.3) is 0 Å². The summed E-state index contributed by atoms with van der Waals surface area (Å²) < 4.78 is 5.18. The first-order chi connectivity index (χ1) is 8.45. The summed E-state index contributed by atoms with van der Waals surface area (Å²) in [6.45, 7) is 6.48. The Labute approximate surface area is 110 Å². The largest absolute Gasteiger partial charge is 0.465 e. The van der Waals surface area contributed by atoms with Gasteiger partial charge in [0, 0.05) is 6.42 Å². The molecular weight excluding hydrogens is 232 g/mol. The number of carbonyl (C=O) groups excluding carboxylic acids is 2. The van der Waals surface area contributed by atoms with E-state index in [1.165, 1.54) is 0 Å². The maximum Gasteiger partial charge on any atom is 0.355 e. The lowest BCUT2D eigenvalue weighted by Crippen LogP contribution is -2.14. The molecule has 0 saturated carbocycles. The van der Waals surface area contributed by atoms with Gasteiger partial charge in [-0.25, -0.2) is 9.90 Å². The van der Waals surface area contributed by atoms with Crippen LogP contribution in [0, 0.1) is 11.8 Å². The predicted molar refractivity (Wildman–Crippen MR) is 68.4 cm³/mol. The molecule has 0 saturated heterocycles. The Morgan fingerprint density at radius 3 is 2.33 bits per heavy atom. The van der Waals surface area contributed by atoms with Crippen LogP contribution in [0.15, 0.2) is 0 Å². The summed E-state index contributed by atoms with van der Waals surface area (Å²) in [7, 11) is 0. The lowest BCUT2D eigenvalue weighted by Gasteiger charge is -2.13. The van der Waals surface area contributed by atoms with Crippen molar-refractivity contribution in [3.05, 3.63) is 0 Å². The van der Waals surface area contributed by atoms with Gasteiger partial charge in [-0.3, -0.25) is 4.79 Å². The van der Waals surface area contributed by atoms with Crippen LogP contribution in [-0.2, 0) is 19.4 Å². The molecule has 105 valence electrons. The van der Waals surface area contributed by atoms with E-state index in [-0.39, 0.29) is 18.3 Å². The third-order valence-electron chi connectivity index (χ3n) is 2.90. The minimum Gasteiger partial charge on any atom is -0.465 e. The Bertz CT molecular complexity index is 250. The molecule has 4 heteroatoms. The molecule has 2 atom stereocenters. The van der Waals surface area contributed by atoms with Gasteiger partial charge in [0.05, 0.1) is 13.0 Å². The second-order valence-electron chi connectivity index (χ2n) is 5.15. The summed E-state index contributed by atoms with van der Waals surface area (Å²) in [5.41, 5.74) is 0. The summed E-state index contributed by atoms with van der Waals surface area (Å²) in [5.74, 6) is -0.596. The van der Waals surface area contributed by atoms with Crippen LogP contribution in [0.4, 0.5) is 0 Å². The molecule has 0 aromatic heterocycles. The molecule has 0 aromatic rings. The first-order valence-electron chi connectivity index (χ1n) is 6.81. The molecule has 0 aliphatic carbocycles. The van der Waals surface area contributed by atoms with Crippen LogP contribution < -0.4 is 0 Å². The van der Waals surface area contributed by atoms with E-state index < -0.39 is 5.97 Å². The molecule has 0 aliphatic heterocycles. The van der Waals surface area contributed by atoms with E-state index in [0.29, 0.717) is 25.4 Å². The average molecular weight is 257 g/mol. The molecule has 4 nitrogen and oxygen atoms in total. The standard InChI is InChI=1S/C14H25O4/c1-4-6-11(2)9-14(17)18-10-12(3)7-5-8-13(15)16/h11-12H,4-10H2,1-3H3. The van der Waals surface area contributed by atoms with Gasteiger partial charge in [-0.2, -0.15) is 0 Å². The first kappa shape index (κ1) is 16.9. The SMILES string of the molecule is CCCC(C)CC(=O)OCC(C)CCCC([O])=O. The van der Waals surface area contributed by atoms with Gasteiger partial charge in [-0.15, -0.1) is 0 Å². The van der Waals surface area contributed by atoms with Gasteiger partial charge in [0.15, 0.2) is 0 Å². The molecule has 0 aliphatic rings. The number of hydrogen-bond donors (Lipinski definition) is 0. The van der Waals surface area contributed by atoms with Gasteiger partial charge in [-0.1, -0.05) is 33.6 Å². The topological polar surface area (TPSA) is 63.3 Å². The monoisotopic (exact) mass is 257 g/mol. The van der Waals surface area contributed by atoms with E-state index in [4.69, 9.17) is 4.74 Å². The molecule has 0 rings (SSSR count). The lowest BCUT2D eigenvalue weighted by atomic mass is 10.0. The summed E-state index contributed by atoms with van der Waals surface area (Å²) >= 11 is 0. The highest BCUT2D eigenvalue weighted by molar-refractivity contribution is 5.69. The molecule has 0 fully saturated rings. The van der Waals surface area contributed by atoms with Crippen LogP contribution in [0.1, 0.15) is 59.3 Å². The van der Waals surface area contributed by atoms with Crippen molar-refractivity contribution < 1.29 is 19.4 Å². The molecule has 2 unspecified atom stereocenters. The number of ether oxygens (including phenoxy) is 1. The molecule has 0 bridgehead atoms. The Kier molecular flexibility index (Phi) is 9.33. The zero-order chi connectivity index (χ0) is 14.0. The van der Waals surface area contributed by atoms with Crippen LogP contribution in [0.25, 0.3) is 0 Å². The fourth-order valence-corrected chi connectivity index (χ4v) is 1.85. The smallest absolute Gasteiger partial charge is 0.355 e. The zero-order valence-electron chi connectivity index (χ0n) is 11.7. The third-order valence-corrected chi connectivity index (χ3v) is 2.90. The van der Waals surface area contributed by atoms with E-state index in [1.54, 1.807) is 0 Å². The van der Waals surface area contributed by atoms with Gasteiger partial charge >= 0.3 is 11.9 Å². The predicted octanol–water partition coefficient (Wildman–Crippen LogP) is 3.12. The van der Waals surface area contributed by atoms with Crippen molar-refractivity contribution in [1.29, 1.82) is 0 Å². The van der Waals surface area contributed by atoms with Crippen LogP contribution in [0.3, 0.4) is 0 Å². The van der Waals surface area contributed by atoms with Crippen LogP contribution >= 0.6 is 0 Å². The highest BCUT2D eigenvalue weighted by Crippen LogP contribution is 2.12. The minimum atomic E-state index is -1.02. The van der Waals surface area contributed by atoms with Gasteiger partial charge in [0.2, 0.25) is 0 Å². The summed E-state index contributed by atoms with van der Waals surface area (Å²) in [6, 6.07) is 0. The average Bonchev–Trinajstić information content (AvgIpc) is 2.26. The zero-order valence-corrected chi connectivity index (χ0v) is 11.7. The van der Waals surface area contributed by atoms with E-state index in [0.717, 1.165) is 19.3 Å². The lowest BCUT2D eigenvalue weighted by molar-refractivity contribution is -0.146. The van der Waals surface area contributed by atoms with Crippen molar-refractivity contribution in [2.24, 2.45) is 11.8 Å². The van der Waals surface area contributed by atoms with Crippen LogP contribution in [0.5, 0.6) is 0 Å². The summed E-state index contributed by atoms with van der Waals surface area (Å²) in [6.07, 6.45) is 3.98. The van der Waals surface area contributed by atoms with Crippen molar-refractivity contribution in [3.63, 3.8) is 0 Å². The minimum absolute atomic E-state index is 0.0752. The number of esters is 1. The number of hydrogen-bond acceptors (Lipinski definition) is 3. The van der Waals surface area contributed by atoms with E-state index in [9.17, 15) is 14.7 Å². The van der Waals surface area contributed by atoms with Gasteiger partial charge in [-0.05, 0) is 24.7 Å². The molecule has 0 spiro atoms. The molecule has 1 radical (unpaired) electrons. The molecular formula is C14H25O4. The Balaban J connectivity index is 3.61. The van der Waals surface area contributed by atoms with Gasteiger partial charge in [0.1, 0.15) is 0 Å². The Hall–Kier alpha value is -1.06. The van der Waals surface area contributed by atoms with E-state index in [1.807, 2.05) is 13.8 Å². The van der Waals surface area contributed by atoms with Crippen LogP contribution in [-0.4, -0.2) is 18.5 Å². The summed E-state index contributed by atoms with van der Waals surface area (Å²) in [5, 5.41) is 10.2. The first-order valence-corrected chi connectivity index (χ1v) is 6.81. The Morgan fingerprint density at radius 1 is 1.11 bits per heavy atom. The summed E-state index contributed by atoms with van der Waals surface area (Å²) in [4.78, 5) is 21.7. The molecule has 0 amide bonds. The van der Waals surface area contributed by atoms with Crippen molar-refractivity contribution >= 4 is 11.9 Å². The number of carbonyl (C=O) groups is 2. The van der Waals surface area contributed by atoms with Crippen molar-refractivity contribution in [3.8, 4) is 0 Å². The van der Waals surface area contributed by atoms with Crippen molar-refractivity contribution in [2.45, 2.75) is 59.3 Å². The van der Waals surface area contributed by atoms with E-state index >= 15 is 0 Å². The maximum absolute atomic E-state index is 11.5. The molecule has 18 heavy (non-hydrogen) atoms. The van der Waals surface area contributed by atoms with Gasteiger partial charge < -0.3 is 4.74 Å². The second-order valence-corrected chi connectivity index (χ2v) is 5.15. The highest BCUT2D eigenvalue weighted by Gasteiger charge is 2.12. The normalized spacial score (nSPS) is 13.9. The number of rotatable bonds is 10. The fraction of sp³-hybridized carbons (Fsp3) is 0.857. The third kappa shape index (κ3) is 10.1. The second kappa shape index (κ2) is 9.92. The molecule has 0 N–H and O–H groups in total. The van der Waals surface area contributed by atoms with Crippen LogP contribution in [0.2, 0.25) is 0 Å². The quantitative estimate of drug-likeness (QED) is 0.565. The van der Waals surface area contributed by atoms with Crippen molar-refractivity contribution in [2.75, 3.05) is 6.61 Å². The fourth-order valence-electron chi connectivity index (χ4n) is 1.85. The van der Waals surface area contributed by atoms with Crippen molar-refractivity contribution in [1.82, 2.24) is 0 Å².